The van der Waals surface area contributed by atoms with Gasteiger partial charge in [0.2, 0.25) is 10.0 Å². The normalized spacial score (nSPS) is 16.0. The number of hydrogen-bond acceptors (Lipinski definition) is 3. The van der Waals surface area contributed by atoms with Crippen LogP contribution in [0.25, 0.3) is 0 Å². The Bertz CT molecular complexity index is 1020. The molecule has 0 unspecified atom stereocenters. The number of carbonyl (C=O) groups excluding carboxylic acids is 1. The van der Waals surface area contributed by atoms with Crippen molar-refractivity contribution in [1.29, 1.82) is 0 Å². The highest BCUT2D eigenvalue weighted by molar-refractivity contribution is 7.89. The van der Waals surface area contributed by atoms with Crippen LogP contribution in [0.5, 0.6) is 0 Å². The van der Waals surface area contributed by atoms with Crippen molar-refractivity contribution in [3.8, 4) is 0 Å². The van der Waals surface area contributed by atoms with Gasteiger partial charge in [-0.25, -0.2) is 17.2 Å². The summed E-state index contributed by atoms with van der Waals surface area (Å²) in [6, 6.07) is 7.58. The number of nitrogens with zero attached hydrogens (tertiary/aromatic N) is 1. The molecule has 1 saturated heterocycles. The van der Waals surface area contributed by atoms with Crippen LogP contribution >= 0.6 is 11.6 Å². The molecule has 0 radical (unpaired) electrons. The molecule has 9 heteroatoms. The van der Waals surface area contributed by atoms with Crippen molar-refractivity contribution in [2.24, 2.45) is 0 Å². The van der Waals surface area contributed by atoms with Crippen molar-refractivity contribution >= 4 is 33.2 Å². The molecule has 0 aliphatic carbocycles. The van der Waals surface area contributed by atoms with Gasteiger partial charge in [0.1, 0.15) is 12.5 Å². The fraction of sp³-hybridized carbons (Fsp3) is 0.381. The van der Waals surface area contributed by atoms with Gasteiger partial charge in [-0.1, -0.05) is 36.9 Å². The monoisotopic (exact) mass is 456 g/mol. The van der Waals surface area contributed by atoms with Crippen LogP contribution in [0.1, 0.15) is 48.0 Å². The molecular weight excluding hydrogens is 434 g/mol. The maximum Gasteiger partial charge on any atom is 0.255 e. The van der Waals surface area contributed by atoms with Gasteiger partial charge in [-0.15, -0.1) is 0 Å². The van der Waals surface area contributed by atoms with Crippen LogP contribution in [0.15, 0.2) is 41.3 Å². The van der Waals surface area contributed by atoms with E-state index >= 15 is 0 Å². The Morgan fingerprint density at radius 1 is 1.03 bits per heavy atom. The third-order valence-corrected chi connectivity index (χ3v) is 7.35. The Kier molecular flexibility index (Phi) is 7.44. The molecule has 2 aromatic rings. The molecule has 1 aliphatic rings. The van der Waals surface area contributed by atoms with Crippen molar-refractivity contribution in [3.05, 3.63) is 58.4 Å². The number of sulfonamides is 1. The number of amides is 1. The van der Waals surface area contributed by atoms with Crippen molar-refractivity contribution in [2.75, 3.05) is 18.4 Å². The van der Waals surface area contributed by atoms with Crippen LogP contribution in [0.3, 0.4) is 0 Å². The summed E-state index contributed by atoms with van der Waals surface area (Å²) in [6.45, 7) is -0.213. The molecule has 1 N–H and O–H groups in total. The van der Waals surface area contributed by atoms with Gasteiger partial charge in [0.15, 0.2) is 0 Å². The lowest BCUT2D eigenvalue weighted by atomic mass is 10.1. The summed E-state index contributed by atoms with van der Waals surface area (Å²) in [5.74, 6) is -1.23. The Morgan fingerprint density at radius 2 is 1.70 bits per heavy atom. The van der Waals surface area contributed by atoms with E-state index in [9.17, 15) is 22.0 Å². The molecule has 5 nitrogen and oxygen atoms in total. The molecule has 1 aliphatic heterocycles. The van der Waals surface area contributed by atoms with Gasteiger partial charge in [0.05, 0.1) is 9.92 Å². The molecule has 0 atom stereocenters. The molecule has 2 aromatic carbocycles. The zero-order chi connectivity index (χ0) is 21.7. The first-order valence-electron chi connectivity index (χ1n) is 9.78. The summed E-state index contributed by atoms with van der Waals surface area (Å²) < 4.78 is 54.7. The average molecular weight is 457 g/mol. The first-order chi connectivity index (χ1) is 14.3. The first kappa shape index (κ1) is 22.7. The number of anilines is 1. The molecule has 162 valence electrons. The van der Waals surface area contributed by atoms with E-state index in [1.165, 1.54) is 34.6 Å². The fourth-order valence-electron chi connectivity index (χ4n) is 3.42. The minimum absolute atomic E-state index is 0.0124. The second-order valence-corrected chi connectivity index (χ2v) is 9.52. The standard InChI is InChI=1S/C21H23ClF2N2O3S/c22-18-13-17(8-9-19(18)24)25-21(27)15-6-7-16(14-23)20(12-15)30(28,29)26-10-4-2-1-3-5-11-26/h6-9,12-13H,1-5,10-11,14H2,(H,25,27). The summed E-state index contributed by atoms with van der Waals surface area (Å²) in [6.07, 6.45) is 4.47. The zero-order valence-corrected chi connectivity index (χ0v) is 17.9. The van der Waals surface area contributed by atoms with Gasteiger partial charge < -0.3 is 5.32 Å². The van der Waals surface area contributed by atoms with Crippen molar-refractivity contribution in [1.82, 2.24) is 4.31 Å². The molecule has 0 aromatic heterocycles. The zero-order valence-electron chi connectivity index (χ0n) is 16.3. The smallest absolute Gasteiger partial charge is 0.255 e. The summed E-state index contributed by atoms with van der Waals surface area (Å²) in [4.78, 5) is 12.4. The number of hydrogen-bond donors (Lipinski definition) is 1. The van der Waals surface area contributed by atoms with E-state index in [-0.39, 0.29) is 26.7 Å². The molecular formula is C21H23ClF2N2O3S. The van der Waals surface area contributed by atoms with Crippen molar-refractivity contribution in [2.45, 2.75) is 43.7 Å². The fourth-order valence-corrected chi connectivity index (χ4v) is 5.35. The highest BCUT2D eigenvalue weighted by Gasteiger charge is 2.28. The minimum Gasteiger partial charge on any atom is -0.322 e. The Morgan fingerprint density at radius 3 is 2.33 bits per heavy atom. The van der Waals surface area contributed by atoms with Crippen LogP contribution in [-0.2, 0) is 16.7 Å². The van der Waals surface area contributed by atoms with Gasteiger partial charge in [-0.2, -0.15) is 4.31 Å². The topological polar surface area (TPSA) is 66.5 Å². The van der Waals surface area contributed by atoms with E-state index in [1.54, 1.807) is 0 Å². The lowest BCUT2D eigenvalue weighted by Gasteiger charge is -2.25. The second-order valence-electron chi connectivity index (χ2n) is 7.21. The van der Waals surface area contributed by atoms with Crippen LogP contribution in [-0.4, -0.2) is 31.7 Å². The van der Waals surface area contributed by atoms with Crippen LogP contribution in [0.2, 0.25) is 5.02 Å². The van der Waals surface area contributed by atoms with E-state index < -0.39 is 28.4 Å². The molecule has 30 heavy (non-hydrogen) atoms. The predicted octanol–water partition coefficient (Wildman–Crippen LogP) is 5.16. The van der Waals surface area contributed by atoms with Gasteiger partial charge in [-0.3, -0.25) is 4.79 Å². The van der Waals surface area contributed by atoms with Crippen LogP contribution < -0.4 is 5.32 Å². The minimum atomic E-state index is -3.94. The van der Waals surface area contributed by atoms with E-state index in [2.05, 4.69) is 5.32 Å². The highest BCUT2D eigenvalue weighted by Crippen LogP contribution is 2.26. The Balaban J connectivity index is 1.90. The maximum absolute atomic E-state index is 13.6. The molecule has 3 rings (SSSR count). The summed E-state index contributed by atoms with van der Waals surface area (Å²) in [5, 5.41) is 2.40. The van der Waals surface area contributed by atoms with Gasteiger partial charge in [0.25, 0.3) is 5.91 Å². The first-order valence-corrected chi connectivity index (χ1v) is 11.6. The predicted molar refractivity (Wildman–Crippen MR) is 112 cm³/mol. The van der Waals surface area contributed by atoms with E-state index in [4.69, 9.17) is 11.6 Å². The molecule has 1 amide bonds. The second kappa shape index (κ2) is 9.85. The molecule has 1 fully saturated rings. The Labute approximate surface area is 180 Å². The van der Waals surface area contributed by atoms with Gasteiger partial charge >= 0.3 is 0 Å². The van der Waals surface area contributed by atoms with E-state index in [0.717, 1.165) is 38.2 Å². The summed E-state index contributed by atoms with van der Waals surface area (Å²) in [7, 11) is -3.94. The summed E-state index contributed by atoms with van der Waals surface area (Å²) >= 11 is 5.73. The quantitative estimate of drug-likeness (QED) is 0.676. The number of alkyl halides is 1. The van der Waals surface area contributed by atoms with E-state index in [0.29, 0.717) is 13.1 Å². The lowest BCUT2D eigenvalue weighted by Crippen LogP contribution is -2.34. The summed E-state index contributed by atoms with van der Waals surface area (Å²) in [5.41, 5.74) is 0.325. The third kappa shape index (κ3) is 5.17. The maximum atomic E-state index is 13.6. The SMILES string of the molecule is O=C(Nc1ccc(F)c(Cl)c1)c1ccc(CF)c(S(=O)(=O)N2CCCCCCC2)c1. The molecule has 0 saturated carbocycles. The van der Waals surface area contributed by atoms with Crippen LogP contribution in [0.4, 0.5) is 14.5 Å². The van der Waals surface area contributed by atoms with Gasteiger partial charge in [-0.05, 0) is 43.2 Å². The lowest BCUT2D eigenvalue weighted by molar-refractivity contribution is 0.102. The number of rotatable bonds is 5. The number of benzene rings is 2. The van der Waals surface area contributed by atoms with Crippen molar-refractivity contribution in [3.63, 3.8) is 0 Å². The number of carbonyl (C=O) groups is 1. The van der Waals surface area contributed by atoms with E-state index in [1.807, 2.05) is 0 Å². The number of halogens is 3. The average Bonchev–Trinajstić information content (AvgIpc) is 2.69. The third-order valence-electron chi connectivity index (χ3n) is 5.08. The van der Waals surface area contributed by atoms with Crippen molar-refractivity contribution < 1.29 is 22.0 Å². The molecule has 0 bridgehead atoms. The van der Waals surface area contributed by atoms with Gasteiger partial charge in [0, 0.05) is 29.9 Å². The largest absolute Gasteiger partial charge is 0.322 e. The highest BCUT2D eigenvalue weighted by atomic mass is 35.5. The van der Waals surface area contributed by atoms with Crippen LogP contribution in [0, 0.1) is 5.82 Å². The Hall–Kier alpha value is -2.03. The number of nitrogens with one attached hydrogen (secondary N) is 1. The molecule has 1 heterocycles. The molecule has 0 spiro atoms.